The molecule has 8 heteroatoms. The highest BCUT2D eigenvalue weighted by Gasteiger charge is 2.21. The molecule has 2 aromatic heterocycles. The first-order valence-electron chi connectivity index (χ1n) is 10.9. The Kier molecular flexibility index (Phi) is 6.29. The summed E-state index contributed by atoms with van der Waals surface area (Å²) in [5.74, 6) is -0.234. The average Bonchev–Trinajstić information content (AvgIpc) is 3.26. The van der Waals surface area contributed by atoms with Crippen LogP contribution in [0.1, 0.15) is 49.2 Å². The van der Waals surface area contributed by atoms with Gasteiger partial charge in [0.05, 0.1) is 33.6 Å². The van der Waals surface area contributed by atoms with E-state index < -0.39 is 15.1 Å². The van der Waals surface area contributed by atoms with Gasteiger partial charge in [-0.2, -0.15) is 0 Å². The van der Waals surface area contributed by atoms with Crippen molar-refractivity contribution in [1.82, 2.24) is 20.3 Å². The van der Waals surface area contributed by atoms with Gasteiger partial charge in [0.15, 0.2) is 15.5 Å². The number of sulfone groups is 1. The number of hydrogen-bond acceptors (Lipinski definition) is 5. The van der Waals surface area contributed by atoms with Crippen LogP contribution < -0.4 is 5.32 Å². The zero-order valence-electron chi connectivity index (χ0n) is 18.7. The second-order valence-corrected chi connectivity index (χ2v) is 10.6. The maximum atomic E-state index is 13.1. The molecule has 2 N–H and O–H groups in total. The number of nitrogens with one attached hydrogen (secondary N) is 2. The van der Waals surface area contributed by atoms with Crippen molar-refractivity contribution < 1.29 is 13.2 Å². The summed E-state index contributed by atoms with van der Waals surface area (Å²) in [6, 6.07) is 16.3. The van der Waals surface area contributed by atoms with Gasteiger partial charge in [-0.25, -0.2) is 18.4 Å². The molecule has 2 aromatic carbocycles. The van der Waals surface area contributed by atoms with Crippen LogP contribution in [0.3, 0.4) is 0 Å². The van der Waals surface area contributed by atoms with Gasteiger partial charge in [0.25, 0.3) is 5.91 Å². The molecule has 7 nitrogen and oxygen atoms in total. The van der Waals surface area contributed by atoms with Crippen molar-refractivity contribution in [2.45, 2.75) is 43.4 Å². The lowest BCUT2D eigenvalue weighted by molar-refractivity contribution is 0.0937. The molecule has 0 saturated heterocycles. The number of carbonyl (C=O) groups is 1. The summed E-state index contributed by atoms with van der Waals surface area (Å²) >= 11 is 0. The van der Waals surface area contributed by atoms with E-state index in [2.05, 4.69) is 20.3 Å². The zero-order chi connectivity index (χ0) is 23.6. The van der Waals surface area contributed by atoms with Crippen LogP contribution >= 0.6 is 0 Å². The molecule has 0 radical (unpaired) electrons. The van der Waals surface area contributed by atoms with Crippen LogP contribution in [0.2, 0.25) is 0 Å². The van der Waals surface area contributed by atoms with E-state index in [0.717, 1.165) is 17.5 Å². The molecule has 1 atom stereocenters. The average molecular weight is 463 g/mol. The minimum Gasteiger partial charge on any atom is -0.345 e. The molecule has 0 aliphatic rings. The number of nitrogens with zero attached hydrogens (tertiary/aromatic N) is 2. The first-order valence-corrected chi connectivity index (χ1v) is 12.4. The quantitative estimate of drug-likeness (QED) is 0.415. The molecule has 1 amide bonds. The van der Waals surface area contributed by atoms with Crippen LogP contribution in [0.15, 0.2) is 71.9 Å². The lowest BCUT2D eigenvalue weighted by Gasteiger charge is -2.17. The SMILES string of the molecule is CC[C@@H](NC(=O)c1c[nH]c2ncc(-c3ccc(S(=O)(=O)C(C)C)cc3)nc12)c1ccccc1. The Hall–Kier alpha value is -3.52. The van der Waals surface area contributed by atoms with E-state index in [1.54, 1.807) is 50.5 Å². The minimum atomic E-state index is -3.35. The van der Waals surface area contributed by atoms with Crippen LogP contribution in [-0.2, 0) is 9.84 Å². The number of H-pyrrole nitrogens is 1. The largest absolute Gasteiger partial charge is 0.345 e. The van der Waals surface area contributed by atoms with Crippen molar-refractivity contribution >= 4 is 26.9 Å². The maximum absolute atomic E-state index is 13.1. The van der Waals surface area contributed by atoms with Gasteiger partial charge < -0.3 is 10.3 Å². The Balaban J connectivity index is 1.63. The second kappa shape index (κ2) is 9.15. The number of aromatic nitrogens is 3. The van der Waals surface area contributed by atoms with Gasteiger partial charge in [0, 0.05) is 11.8 Å². The highest BCUT2D eigenvalue weighted by Crippen LogP contribution is 2.25. The summed E-state index contributed by atoms with van der Waals surface area (Å²) < 4.78 is 24.8. The van der Waals surface area contributed by atoms with E-state index in [4.69, 9.17) is 0 Å². The Bertz CT molecular complexity index is 1380. The predicted molar refractivity (Wildman–Crippen MR) is 129 cm³/mol. The standard InChI is InChI=1S/C25H26N4O3S/c1-4-21(17-8-6-5-7-9-17)29-25(30)20-14-26-24-23(20)28-22(15-27-24)18-10-12-19(13-11-18)33(31,32)16(2)3/h5-16,21H,4H2,1-3H3,(H,26,27)(H,29,30)/t21-/m1/s1. The summed E-state index contributed by atoms with van der Waals surface area (Å²) in [7, 11) is -3.35. The third-order valence-electron chi connectivity index (χ3n) is 5.64. The lowest BCUT2D eigenvalue weighted by atomic mass is 10.0. The highest BCUT2D eigenvalue weighted by molar-refractivity contribution is 7.92. The summed E-state index contributed by atoms with van der Waals surface area (Å²) in [4.78, 5) is 25.4. The fraction of sp³-hybridized carbons (Fsp3) is 0.240. The van der Waals surface area contributed by atoms with Gasteiger partial charge in [-0.15, -0.1) is 0 Å². The fourth-order valence-corrected chi connectivity index (χ4v) is 4.69. The zero-order valence-corrected chi connectivity index (χ0v) is 19.6. The van der Waals surface area contributed by atoms with Crippen molar-refractivity contribution in [3.05, 3.63) is 78.1 Å². The number of benzene rings is 2. The fourth-order valence-electron chi connectivity index (χ4n) is 3.63. The lowest BCUT2D eigenvalue weighted by Crippen LogP contribution is -2.28. The van der Waals surface area contributed by atoms with Gasteiger partial charge in [-0.3, -0.25) is 4.79 Å². The Morgan fingerprint density at radius 3 is 2.39 bits per heavy atom. The van der Waals surface area contributed by atoms with E-state index in [0.29, 0.717) is 22.4 Å². The molecule has 4 aromatic rings. The van der Waals surface area contributed by atoms with Crippen LogP contribution in [0.5, 0.6) is 0 Å². The van der Waals surface area contributed by atoms with E-state index in [9.17, 15) is 13.2 Å². The molecule has 33 heavy (non-hydrogen) atoms. The topological polar surface area (TPSA) is 105 Å². The molecule has 0 fully saturated rings. The number of hydrogen-bond donors (Lipinski definition) is 2. The number of carbonyl (C=O) groups excluding carboxylic acids is 1. The molecule has 0 saturated carbocycles. The van der Waals surface area contributed by atoms with Crippen LogP contribution in [0.4, 0.5) is 0 Å². The van der Waals surface area contributed by atoms with Gasteiger partial charge in [0.1, 0.15) is 5.52 Å². The predicted octanol–water partition coefficient (Wildman–Crippen LogP) is 4.69. The van der Waals surface area contributed by atoms with Crippen LogP contribution in [0, 0.1) is 0 Å². The number of amides is 1. The van der Waals surface area contributed by atoms with E-state index in [1.807, 2.05) is 37.3 Å². The molecular formula is C25H26N4O3S. The van der Waals surface area contributed by atoms with Gasteiger partial charge >= 0.3 is 0 Å². The maximum Gasteiger partial charge on any atom is 0.255 e. The highest BCUT2D eigenvalue weighted by atomic mass is 32.2. The summed E-state index contributed by atoms with van der Waals surface area (Å²) in [5, 5.41) is 2.58. The van der Waals surface area contributed by atoms with E-state index >= 15 is 0 Å². The Labute approximate surface area is 193 Å². The molecule has 4 rings (SSSR count). The smallest absolute Gasteiger partial charge is 0.255 e. The normalized spacial score (nSPS) is 12.7. The molecule has 2 heterocycles. The molecular weight excluding hydrogens is 436 g/mol. The molecule has 0 bridgehead atoms. The van der Waals surface area contributed by atoms with Gasteiger partial charge in [-0.1, -0.05) is 49.4 Å². The second-order valence-electron chi connectivity index (χ2n) is 8.12. The van der Waals surface area contributed by atoms with Gasteiger partial charge in [0.2, 0.25) is 0 Å². The van der Waals surface area contributed by atoms with Gasteiger partial charge in [-0.05, 0) is 38.0 Å². The van der Waals surface area contributed by atoms with Crippen molar-refractivity contribution in [1.29, 1.82) is 0 Å². The third kappa shape index (κ3) is 4.52. The number of aromatic amines is 1. The van der Waals surface area contributed by atoms with E-state index in [1.165, 1.54) is 0 Å². The summed E-state index contributed by atoms with van der Waals surface area (Å²) in [6.45, 7) is 5.33. The first-order chi connectivity index (χ1) is 15.8. The van der Waals surface area contributed by atoms with Crippen LogP contribution in [-0.4, -0.2) is 34.5 Å². The molecule has 0 aliphatic carbocycles. The van der Waals surface area contributed by atoms with E-state index in [-0.39, 0.29) is 16.8 Å². The molecule has 0 spiro atoms. The number of fused-ring (bicyclic) bond motifs is 1. The molecule has 0 aliphatic heterocycles. The Morgan fingerprint density at radius 1 is 1.06 bits per heavy atom. The molecule has 0 unspecified atom stereocenters. The van der Waals surface area contributed by atoms with Crippen molar-refractivity contribution in [2.75, 3.05) is 0 Å². The summed E-state index contributed by atoms with van der Waals surface area (Å²) in [6.07, 6.45) is 3.96. The Morgan fingerprint density at radius 2 is 1.76 bits per heavy atom. The van der Waals surface area contributed by atoms with Crippen molar-refractivity contribution in [3.8, 4) is 11.3 Å². The number of rotatable bonds is 7. The first kappa shape index (κ1) is 22.7. The van der Waals surface area contributed by atoms with Crippen molar-refractivity contribution in [2.24, 2.45) is 0 Å². The van der Waals surface area contributed by atoms with Crippen molar-refractivity contribution in [3.63, 3.8) is 0 Å². The molecule has 170 valence electrons. The summed E-state index contributed by atoms with van der Waals surface area (Å²) in [5.41, 5.74) is 3.70. The minimum absolute atomic E-state index is 0.116. The van der Waals surface area contributed by atoms with Crippen LogP contribution in [0.25, 0.3) is 22.4 Å². The monoisotopic (exact) mass is 462 g/mol. The third-order valence-corrected chi connectivity index (χ3v) is 7.81.